The minimum atomic E-state index is 0.211. The van der Waals surface area contributed by atoms with Crippen LogP contribution in [0.25, 0.3) is 11.2 Å². The van der Waals surface area contributed by atoms with Crippen molar-refractivity contribution in [2.45, 2.75) is 19.3 Å². The van der Waals surface area contributed by atoms with Crippen molar-refractivity contribution < 1.29 is 9.47 Å². The highest BCUT2D eigenvalue weighted by Crippen LogP contribution is 2.52. The first-order valence-corrected chi connectivity index (χ1v) is 10.8. The Hall–Kier alpha value is -2.80. The highest BCUT2D eigenvalue weighted by Gasteiger charge is 2.52. The van der Waals surface area contributed by atoms with Crippen LogP contribution in [0.4, 0.5) is 0 Å². The number of fused-ring (bicyclic) bond motifs is 1. The fourth-order valence-corrected chi connectivity index (χ4v) is 4.27. The summed E-state index contributed by atoms with van der Waals surface area (Å²) in [6.45, 7) is 2.50. The highest BCUT2D eigenvalue weighted by atomic mass is 35.5. The fourth-order valence-electron chi connectivity index (χ4n) is 4.10. The average Bonchev–Trinajstić information content (AvgIpc) is 3.29. The smallest absolute Gasteiger partial charge is 0.165 e. The van der Waals surface area contributed by atoms with Gasteiger partial charge in [-0.25, -0.2) is 15.0 Å². The summed E-state index contributed by atoms with van der Waals surface area (Å²) in [7, 11) is 0. The molecular formula is C24H23ClN4O2. The summed E-state index contributed by atoms with van der Waals surface area (Å²) < 4.78 is 14.2. The van der Waals surface area contributed by atoms with E-state index in [1.54, 1.807) is 6.33 Å². The van der Waals surface area contributed by atoms with Crippen LogP contribution in [0.2, 0.25) is 5.15 Å². The summed E-state index contributed by atoms with van der Waals surface area (Å²) in [4.78, 5) is 12.9. The van der Waals surface area contributed by atoms with Gasteiger partial charge in [0.2, 0.25) is 0 Å². The third-order valence-corrected chi connectivity index (χ3v) is 6.04. The number of hydrogen-bond donors (Lipinski definition) is 0. The van der Waals surface area contributed by atoms with Gasteiger partial charge in [-0.15, -0.1) is 0 Å². The van der Waals surface area contributed by atoms with Crippen LogP contribution < -0.4 is 0 Å². The number of ether oxygens (including phenoxy) is 2. The molecule has 7 heteroatoms. The van der Waals surface area contributed by atoms with Crippen LogP contribution in [0.15, 0.2) is 73.3 Å². The lowest BCUT2D eigenvalue weighted by atomic mass is 10.2. The monoisotopic (exact) mass is 434 g/mol. The van der Waals surface area contributed by atoms with Crippen molar-refractivity contribution in [3.05, 3.63) is 89.6 Å². The van der Waals surface area contributed by atoms with Gasteiger partial charge >= 0.3 is 0 Å². The SMILES string of the molecule is Clc1ncnc2c1ncn2C1[C@@H](COCc2ccccc2)[C@H]1COCc1ccccc1. The Kier molecular flexibility index (Phi) is 5.93. The molecule has 158 valence electrons. The Balaban J connectivity index is 1.27. The Morgan fingerprint density at radius 3 is 1.94 bits per heavy atom. The number of nitrogens with zero attached hydrogens (tertiary/aromatic N) is 4. The molecule has 1 unspecified atom stereocenters. The minimum absolute atomic E-state index is 0.211. The molecule has 0 amide bonds. The zero-order valence-electron chi connectivity index (χ0n) is 17.0. The molecule has 5 rings (SSSR count). The molecular weight excluding hydrogens is 412 g/mol. The summed E-state index contributed by atoms with van der Waals surface area (Å²) in [5, 5.41) is 0.373. The summed E-state index contributed by atoms with van der Waals surface area (Å²) in [6.07, 6.45) is 3.28. The zero-order chi connectivity index (χ0) is 21.0. The van der Waals surface area contributed by atoms with E-state index in [9.17, 15) is 0 Å². The van der Waals surface area contributed by atoms with Gasteiger partial charge in [-0.2, -0.15) is 0 Å². The van der Waals surface area contributed by atoms with Gasteiger partial charge in [0.05, 0.1) is 32.8 Å². The Bertz CT molecular complexity index is 1080. The molecule has 0 spiro atoms. The predicted molar refractivity (Wildman–Crippen MR) is 119 cm³/mol. The molecule has 4 aromatic rings. The fraction of sp³-hybridized carbons (Fsp3) is 0.292. The molecule has 3 atom stereocenters. The van der Waals surface area contributed by atoms with Gasteiger partial charge in [0.1, 0.15) is 11.8 Å². The van der Waals surface area contributed by atoms with Crippen molar-refractivity contribution in [2.75, 3.05) is 13.2 Å². The van der Waals surface area contributed by atoms with E-state index in [0.717, 1.165) is 5.65 Å². The largest absolute Gasteiger partial charge is 0.376 e. The average molecular weight is 435 g/mol. The van der Waals surface area contributed by atoms with Gasteiger partial charge in [0.25, 0.3) is 0 Å². The van der Waals surface area contributed by atoms with Crippen LogP contribution in [0.5, 0.6) is 0 Å². The van der Waals surface area contributed by atoms with E-state index < -0.39 is 0 Å². The number of halogens is 1. The first-order chi connectivity index (χ1) is 15.3. The van der Waals surface area contributed by atoms with E-state index in [1.807, 2.05) is 36.4 Å². The van der Waals surface area contributed by atoms with E-state index in [2.05, 4.69) is 43.8 Å². The van der Waals surface area contributed by atoms with Crippen molar-refractivity contribution in [1.29, 1.82) is 0 Å². The van der Waals surface area contributed by atoms with E-state index >= 15 is 0 Å². The second-order valence-corrected chi connectivity index (χ2v) is 8.17. The van der Waals surface area contributed by atoms with Gasteiger partial charge in [-0.05, 0) is 11.1 Å². The van der Waals surface area contributed by atoms with Crippen molar-refractivity contribution in [3.8, 4) is 0 Å². The second kappa shape index (κ2) is 9.14. The second-order valence-electron chi connectivity index (χ2n) is 7.81. The Morgan fingerprint density at radius 1 is 0.774 bits per heavy atom. The molecule has 2 aromatic carbocycles. The third kappa shape index (κ3) is 4.46. The summed E-state index contributed by atoms with van der Waals surface area (Å²) >= 11 is 6.19. The van der Waals surface area contributed by atoms with Crippen LogP contribution in [-0.2, 0) is 22.7 Å². The minimum Gasteiger partial charge on any atom is -0.376 e. The van der Waals surface area contributed by atoms with Crippen LogP contribution >= 0.6 is 11.6 Å². The van der Waals surface area contributed by atoms with Crippen LogP contribution in [-0.4, -0.2) is 32.7 Å². The maximum atomic E-state index is 6.19. The summed E-state index contributed by atoms with van der Waals surface area (Å²) in [6, 6.07) is 20.7. The lowest BCUT2D eigenvalue weighted by Gasteiger charge is -2.05. The van der Waals surface area contributed by atoms with E-state index in [1.165, 1.54) is 17.5 Å². The lowest BCUT2D eigenvalue weighted by Crippen LogP contribution is -2.03. The molecule has 31 heavy (non-hydrogen) atoms. The van der Waals surface area contributed by atoms with Crippen LogP contribution in [0.1, 0.15) is 17.2 Å². The van der Waals surface area contributed by atoms with Gasteiger partial charge in [-0.1, -0.05) is 72.3 Å². The van der Waals surface area contributed by atoms with Gasteiger partial charge < -0.3 is 14.0 Å². The molecule has 1 aliphatic carbocycles. The molecule has 1 saturated carbocycles. The predicted octanol–water partition coefficient (Wildman–Crippen LogP) is 4.70. The molecule has 1 fully saturated rings. The van der Waals surface area contributed by atoms with Crippen molar-refractivity contribution >= 4 is 22.8 Å². The number of benzene rings is 2. The zero-order valence-corrected chi connectivity index (χ0v) is 17.7. The normalized spacial score (nSPS) is 20.2. The Morgan fingerprint density at radius 2 is 1.35 bits per heavy atom. The third-order valence-electron chi connectivity index (χ3n) is 5.77. The first-order valence-electron chi connectivity index (χ1n) is 10.4. The topological polar surface area (TPSA) is 62.1 Å². The maximum Gasteiger partial charge on any atom is 0.165 e. The molecule has 0 aliphatic heterocycles. The molecule has 0 radical (unpaired) electrons. The molecule has 2 heterocycles. The van der Waals surface area contributed by atoms with Crippen molar-refractivity contribution in [2.24, 2.45) is 11.8 Å². The van der Waals surface area contributed by atoms with E-state index in [0.29, 0.717) is 48.9 Å². The van der Waals surface area contributed by atoms with Crippen LogP contribution in [0, 0.1) is 11.8 Å². The molecule has 6 nitrogen and oxygen atoms in total. The number of hydrogen-bond acceptors (Lipinski definition) is 5. The lowest BCUT2D eigenvalue weighted by molar-refractivity contribution is 0.0840. The van der Waals surface area contributed by atoms with Crippen molar-refractivity contribution in [3.63, 3.8) is 0 Å². The summed E-state index contributed by atoms with van der Waals surface area (Å²) in [5.74, 6) is 0.649. The van der Waals surface area contributed by atoms with Gasteiger partial charge in [0, 0.05) is 17.9 Å². The van der Waals surface area contributed by atoms with Crippen molar-refractivity contribution in [1.82, 2.24) is 19.5 Å². The quantitative estimate of drug-likeness (QED) is 0.357. The number of rotatable bonds is 9. The van der Waals surface area contributed by atoms with Gasteiger partial charge in [-0.3, -0.25) is 0 Å². The molecule has 0 N–H and O–H groups in total. The number of aromatic nitrogens is 4. The summed E-state index contributed by atoms with van der Waals surface area (Å²) in [5.41, 5.74) is 3.72. The molecule has 0 bridgehead atoms. The maximum absolute atomic E-state index is 6.19. The standard InChI is InChI=1S/C24H23ClN4O2/c25-23-21-24(27-15-26-23)29(16-28-21)22-19(13-30-11-17-7-3-1-4-8-17)20(22)14-31-12-18-9-5-2-6-10-18/h1-10,15-16,19-20,22H,11-14H2/t19-,20+,22?. The highest BCUT2D eigenvalue weighted by molar-refractivity contribution is 6.33. The Labute approximate surface area is 185 Å². The van der Waals surface area contributed by atoms with E-state index in [4.69, 9.17) is 21.1 Å². The van der Waals surface area contributed by atoms with E-state index in [-0.39, 0.29) is 6.04 Å². The van der Waals surface area contributed by atoms with Crippen LogP contribution in [0.3, 0.4) is 0 Å². The molecule has 1 aliphatic rings. The molecule has 2 aromatic heterocycles. The number of imidazole rings is 1. The molecule has 0 saturated heterocycles. The first kappa shape index (κ1) is 20.1. The van der Waals surface area contributed by atoms with Gasteiger partial charge in [0.15, 0.2) is 10.8 Å².